The third kappa shape index (κ3) is 2.98. The highest BCUT2D eigenvalue weighted by atomic mass is 16.3. The van der Waals surface area contributed by atoms with Crippen LogP contribution >= 0.6 is 0 Å². The van der Waals surface area contributed by atoms with E-state index in [1.54, 1.807) is 14.1 Å². The summed E-state index contributed by atoms with van der Waals surface area (Å²) in [5.41, 5.74) is 1.82. The van der Waals surface area contributed by atoms with Crippen molar-refractivity contribution in [3.8, 4) is 0 Å². The second kappa shape index (κ2) is 6.71. The molecule has 134 valence electrons. The molecule has 3 aromatic rings. The van der Waals surface area contributed by atoms with E-state index in [-0.39, 0.29) is 5.91 Å². The Morgan fingerprint density at radius 1 is 1.04 bits per heavy atom. The van der Waals surface area contributed by atoms with Gasteiger partial charge in [-0.15, -0.1) is 0 Å². The van der Waals surface area contributed by atoms with E-state index in [9.17, 15) is 4.79 Å². The van der Waals surface area contributed by atoms with Gasteiger partial charge >= 0.3 is 0 Å². The minimum absolute atomic E-state index is 0.118. The summed E-state index contributed by atoms with van der Waals surface area (Å²) in [5.74, 6) is 1.28. The van der Waals surface area contributed by atoms with Crippen LogP contribution in [0.15, 0.2) is 53.1 Å². The van der Waals surface area contributed by atoms with Gasteiger partial charge in [-0.3, -0.25) is 4.79 Å². The first-order chi connectivity index (χ1) is 12.6. The lowest BCUT2D eigenvalue weighted by Crippen LogP contribution is -2.46. The maximum atomic E-state index is 12.2. The molecule has 6 nitrogen and oxygen atoms in total. The lowest BCUT2D eigenvalue weighted by Gasteiger charge is -2.36. The van der Waals surface area contributed by atoms with Crippen LogP contribution in [0.2, 0.25) is 0 Å². The third-order valence-corrected chi connectivity index (χ3v) is 4.73. The average Bonchev–Trinajstić information content (AvgIpc) is 3.12. The van der Waals surface area contributed by atoms with Crippen LogP contribution in [0.1, 0.15) is 10.6 Å². The molecule has 1 aliphatic heterocycles. The quantitative estimate of drug-likeness (QED) is 0.727. The molecule has 1 aliphatic rings. The summed E-state index contributed by atoms with van der Waals surface area (Å²) in [5, 5.41) is 0.958. The molecular formula is C20H22N4O2. The number of piperazine rings is 1. The average molecular weight is 350 g/mol. The number of carbonyl (C=O) groups is 1. The molecule has 0 aliphatic carbocycles. The van der Waals surface area contributed by atoms with Crippen LogP contribution < -0.4 is 9.80 Å². The van der Waals surface area contributed by atoms with E-state index < -0.39 is 0 Å². The van der Waals surface area contributed by atoms with Crippen LogP contribution in [0.25, 0.3) is 11.0 Å². The first kappa shape index (κ1) is 16.4. The zero-order valence-electron chi connectivity index (χ0n) is 15.1. The molecule has 6 heteroatoms. The molecule has 1 fully saturated rings. The summed E-state index contributed by atoms with van der Waals surface area (Å²) in [6.07, 6.45) is 1.83. The second-order valence-electron chi connectivity index (χ2n) is 6.67. The predicted molar refractivity (Wildman–Crippen MR) is 103 cm³/mol. The van der Waals surface area contributed by atoms with Gasteiger partial charge in [0.15, 0.2) is 11.3 Å². The molecule has 26 heavy (non-hydrogen) atoms. The monoisotopic (exact) mass is 350 g/mol. The van der Waals surface area contributed by atoms with Crippen molar-refractivity contribution in [1.29, 1.82) is 0 Å². The first-order valence-corrected chi connectivity index (χ1v) is 8.78. The van der Waals surface area contributed by atoms with Gasteiger partial charge in [-0.05, 0) is 24.3 Å². The summed E-state index contributed by atoms with van der Waals surface area (Å²) >= 11 is 0. The molecule has 0 unspecified atom stereocenters. The van der Waals surface area contributed by atoms with Crippen molar-refractivity contribution in [2.75, 3.05) is 50.1 Å². The zero-order chi connectivity index (χ0) is 18.1. The summed E-state index contributed by atoms with van der Waals surface area (Å²) < 4.78 is 5.93. The number of amides is 1. The van der Waals surface area contributed by atoms with Crippen LogP contribution in [0.3, 0.4) is 0 Å². The minimum atomic E-state index is -0.118. The maximum Gasteiger partial charge on any atom is 0.289 e. The molecule has 0 spiro atoms. The maximum absolute atomic E-state index is 12.2. The fraction of sp³-hybridized carbons (Fsp3) is 0.300. The van der Waals surface area contributed by atoms with Gasteiger partial charge in [0, 0.05) is 51.9 Å². The van der Waals surface area contributed by atoms with Crippen LogP contribution in [0.4, 0.5) is 11.5 Å². The summed E-state index contributed by atoms with van der Waals surface area (Å²) in [6, 6.07) is 13.9. The lowest BCUT2D eigenvalue weighted by molar-refractivity contribution is 0.0799. The second-order valence-corrected chi connectivity index (χ2v) is 6.67. The van der Waals surface area contributed by atoms with Crippen LogP contribution in [-0.2, 0) is 0 Å². The molecule has 3 heterocycles. The molecule has 0 N–H and O–H groups in total. The molecule has 1 saturated heterocycles. The number of pyridine rings is 1. The summed E-state index contributed by atoms with van der Waals surface area (Å²) in [7, 11) is 3.46. The van der Waals surface area contributed by atoms with E-state index in [0.717, 1.165) is 48.7 Å². The SMILES string of the molecule is CN(C)C(=O)c1cc2cccc(N3CCN(c4ccccn4)CC3)c2o1. The van der Waals surface area contributed by atoms with E-state index in [1.165, 1.54) is 4.90 Å². The van der Waals surface area contributed by atoms with Crippen LogP contribution in [0, 0.1) is 0 Å². The van der Waals surface area contributed by atoms with Crippen LogP contribution in [0.5, 0.6) is 0 Å². The van der Waals surface area contributed by atoms with Gasteiger partial charge < -0.3 is 19.1 Å². The normalized spacial score (nSPS) is 14.7. The Morgan fingerprint density at radius 3 is 2.50 bits per heavy atom. The number of hydrogen-bond acceptors (Lipinski definition) is 5. The Morgan fingerprint density at radius 2 is 1.81 bits per heavy atom. The van der Waals surface area contributed by atoms with Crippen molar-refractivity contribution in [3.05, 3.63) is 54.4 Å². The fourth-order valence-electron chi connectivity index (χ4n) is 3.34. The summed E-state index contributed by atoms with van der Waals surface area (Å²) in [6.45, 7) is 3.57. The fourth-order valence-corrected chi connectivity index (χ4v) is 3.34. The Bertz CT molecular complexity index is 912. The topological polar surface area (TPSA) is 52.8 Å². The van der Waals surface area contributed by atoms with Gasteiger partial charge in [0.2, 0.25) is 0 Å². The number of aromatic nitrogens is 1. The van der Waals surface area contributed by atoms with Crippen molar-refractivity contribution in [1.82, 2.24) is 9.88 Å². The molecule has 1 amide bonds. The predicted octanol–water partition coefficient (Wildman–Crippen LogP) is 2.86. The molecule has 2 aromatic heterocycles. The van der Waals surface area contributed by atoms with Gasteiger partial charge in [0.05, 0.1) is 5.69 Å². The zero-order valence-corrected chi connectivity index (χ0v) is 15.1. The third-order valence-electron chi connectivity index (χ3n) is 4.73. The number of furan rings is 1. The van der Waals surface area contributed by atoms with E-state index in [0.29, 0.717) is 5.76 Å². The smallest absolute Gasteiger partial charge is 0.289 e. The Kier molecular flexibility index (Phi) is 4.24. The van der Waals surface area contributed by atoms with Gasteiger partial charge in [-0.1, -0.05) is 18.2 Å². The van der Waals surface area contributed by atoms with Crippen molar-refractivity contribution < 1.29 is 9.21 Å². The number of hydrogen-bond donors (Lipinski definition) is 0. The standard InChI is InChI=1S/C20H22N4O2/c1-22(2)20(25)17-14-15-6-5-7-16(19(15)26-17)23-10-12-24(13-11-23)18-8-3-4-9-21-18/h3-9,14H,10-13H2,1-2H3. The van der Waals surface area contributed by atoms with E-state index >= 15 is 0 Å². The number of rotatable bonds is 3. The minimum Gasteiger partial charge on any atom is -0.449 e. The Hall–Kier alpha value is -3.02. The molecular weight excluding hydrogens is 328 g/mol. The number of benzene rings is 1. The molecule has 0 saturated carbocycles. The van der Waals surface area contributed by atoms with Crippen molar-refractivity contribution in [2.24, 2.45) is 0 Å². The number of nitrogens with zero attached hydrogens (tertiary/aromatic N) is 4. The van der Waals surface area contributed by atoms with Gasteiger partial charge in [-0.25, -0.2) is 4.98 Å². The van der Waals surface area contributed by atoms with E-state index in [4.69, 9.17) is 4.42 Å². The number of anilines is 2. The number of fused-ring (bicyclic) bond motifs is 1. The molecule has 1 aromatic carbocycles. The number of carbonyl (C=O) groups excluding carboxylic acids is 1. The molecule has 0 radical (unpaired) electrons. The van der Waals surface area contributed by atoms with Gasteiger partial charge in [0.25, 0.3) is 5.91 Å². The van der Waals surface area contributed by atoms with Crippen molar-refractivity contribution in [2.45, 2.75) is 0 Å². The highest BCUT2D eigenvalue weighted by molar-refractivity contribution is 5.99. The largest absolute Gasteiger partial charge is 0.449 e. The summed E-state index contributed by atoms with van der Waals surface area (Å²) in [4.78, 5) is 22.8. The van der Waals surface area contributed by atoms with E-state index in [1.807, 2.05) is 42.6 Å². The first-order valence-electron chi connectivity index (χ1n) is 8.78. The lowest BCUT2D eigenvalue weighted by atomic mass is 10.2. The Labute approximate surface area is 152 Å². The van der Waals surface area contributed by atoms with Gasteiger partial charge in [0.1, 0.15) is 5.82 Å². The van der Waals surface area contributed by atoms with Crippen LogP contribution in [-0.4, -0.2) is 56.1 Å². The molecule has 4 rings (SSSR count). The van der Waals surface area contributed by atoms with Crippen molar-refractivity contribution >= 4 is 28.4 Å². The van der Waals surface area contributed by atoms with Crippen molar-refractivity contribution in [3.63, 3.8) is 0 Å². The highest BCUT2D eigenvalue weighted by Crippen LogP contribution is 2.31. The highest BCUT2D eigenvalue weighted by Gasteiger charge is 2.22. The van der Waals surface area contributed by atoms with Gasteiger partial charge in [-0.2, -0.15) is 0 Å². The molecule has 0 bridgehead atoms. The Balaban J connectivity index is 1.57. The number of para-hydroxylation sites is 1. The molecule has 0 atom stereocenters. The van der Waals surface area contributed by atoms with E-state index in [2.05, 4.69) is 20.9 Å².